The van der Waals surface area contributed by atoms with Crippen LogP contribution >= 0.6 is 23.4 Å². The van der Waals surface area contributed by atoms with Gasteiger partial charge >= 0.3 is 0 Å². The van der Waals surface area contributed by atoms with Gasteiger partial charge in [-0.25, -0.2) is 4.39 Å². The molecule has 134 valence electrons. The SMILES string of the molecule is Cc1ccc(-n2nnnc2S[C@H](C)C(=O)Nc2ccc(F)cc2Cl)cc1. The molecule has 1 N–H and O–H groups in total. The van der Waals surface area contributed by atoms with Gasteiger partial charge < -0.3 is 5.32 Å². The first kappa shape index (κ1) is 18.3. The number of carbonyl (C=O) groups is 1. The number of halogens is 2. The molecule has 0 bridgehead atoms. The Labute approximate surface area is 158 Å². The van der Waals surface area contributed by atoms with Crippen LogP contribution in [0.2, 0.25) is 5.02 Å². The monoisotopic (exact) mass is 391 g/mol. The third-order valence-corrected chi connectivity index (χ3v) is 4.91. The Bertz CT molecular complexity index is 931. The number of tetrazole rings is 1. The number of aryl methyl sites for hydroxylation is 1. The van der Waals surface area contributed by atoms with Crippen LogP contribution in [0.15, 0.2) is 47.6 Å². The van der Waals surface area contributed by atoms with Crippen LogP contribution in [0.1, 0.15) is 12.5 Å². The fourth-order valence-electron chi connectivity index (χ4n) is 2.14. The van der Waals surface area contributed by atoms with Crippen molar-refractivity contribution in [2.24, 2.45) is 0 Å². The summed E-state index contributed by atoms with van der Waals surface area (Å²) in [5, 5.41) is 14.5. The van der Waals surface area contributed by atoms with E-state index in [-0.39, 0.29) is 10.9 Å². The van der Waals surface area contributed by atoms with E-state index in [9.17, 15) is 9.18 Å². The number of anilines is 1. The molecule has 0 fully saturated rings. The van der Waals surface area contributed by atoms with Crippen LogP contribution in [0.25, 0.3) is 5.69 Å². The van der Waals surface area contributed by atoms with Crippen molar-refractivity contribution in [3.05, 3.63) is 58.9 Å². The van der Waals surface area contributed by atoms with Gasteiger partial charge in [0.25, 0.3) is 0 Å². The third-order valence-electron chi connectivity index (χ3n) is 3.56. The lowest BCUT2D eigenvalue weighted by molar-refractivity contribution is -0.115. The maximum absolute atomic E-state index is 13.1. The fraction of sp³-hybridized carbons (Fsp3) is 0.176. The van der Waals surface area contributed by atoms with Crippen LogP contribution in [-0.2, 0) is 4.79 Å². The summed E-state index contributed by atoms with van der Waals surface area (Å²) < 4.78 is 14.7. The Hall–Kier alpha value is -2.45. The number of carbonyl (C=O) groups excluding carboxylic acids is 1. The number of rotatable bonds is 5. The molecule has 1 aromatic heterocycles. The van der Waals surface area contributed by atoms with Gasteiger partial charge in [0.05, 0.1) is 21.6 Å². The van der Waals surface area contributed by atoms with Crippen LogP contribution in [0.5, 0.6) is 0 Å². The predicted molar refractivity (Wildman–Crippen MR) is 99.2 cm³/mol. The molecule has 6 nitrogen and oxygen atoms in total. The van der Waals surface area contributed by atoms with Crippen molar-refractivity contribution in [3.8, 4) is 5.69 Å². The third kappa shape index (κ3) is 4.20. The Kier molecular flexibility index (Phi) is 5.53. The second-order valence-corrected chi connectivity index (χ2v) is 7.30. The molecule has 26 heavy (non-hydrogen) atoms. The molecule has 1 amide bonds. The number of hydrogen-bond acceptors (Lipinski definition) is 5. The predicted octanol–water partition coefficient (Wildman–Crippen LogP) is 3.88. The van der Waals surface area contributed by atoms with Gasteiger partial charge in [-0.2, -0.15) is 4.68 Å². The van der Waals surface area contributed by atoms with Crippen molar-refractivity contribution in [2.45, 2.75) is 24.3 Å². The quantitative estimate of drug-likeness (QED) is 0.668. The molecule has 1 heterocycles. The fourth-order valence-corrected chi connectivity index (χ4v) is 3.16. The van der Waals surface area contributed by atoms with Crippen LogP contribution < -0.4 is 5.32 Å². The highest BCUT2D eigenvalue weighted by atomic mass is 35.5. The lowest BCUT2D eigenvalue weighted by Gasteiger charge is -2.12. The highest BCUT2D eigenvalue weighted by Gasteiger charge is 2.20. The molecular weight excluding hydrogens is 377 g/mol. The van der Waals surface area contributed by atoms with E-state index in [1.807, 2.05) is 31.2 Å². The average Bonchev–Trinajstić information content (AvgIpc) is 3.06. The normalized spacial score (nSPS) is 12.0. The van der Waals surface area contributed by atoms with Crippen molar-refractivity contribution < 1.29 is 9.18 Å². The smallest absolute Gasteiger partial charge is 0.237 e. The molecule has 0 aliphatic heterocycles. The molecule has 0 unspecified atom stereocenters. The van der Waals surface area contributed by atoms with E-state index >= 15 is 0 Å². The van der Waals surface area contributed by atoms with Crippen LogP contribution in [0, 0.1) is 12.7 Å². The van der Waals surface area contributed by atoms with E-state index in [1.165, 1.54) is 23.9 Å². The molecule has 0 spiro atoms. The standard InChI is InChI=1S/C17H15ClFN5OS/c1-10-3-6-13(7-4-10)24-17(21-22-23-24)26-11(2)16(25)20-15-8-5-12(19)9-14(15)18/h3-9,11H,1-2H3,(H,20,25)/t11-/m1/s1. The number of nitrogens with one attached hydrogen (secondary N) is 1. The van der Waals surface area contributed by atoms with Crippen molar-refractivity contribution in [2.75, 3.05) is 5.32 Å². The second kappa shape index (κ2) is 7.84. The molecule has 9 heteroatoms. The van der Waals surface area contributed by atoms with E-state index in [1.54, 1.807) is 11.6 Å². The van der Waals surface area contributed by atoms with Gasteiger partial charge in [0, 0.05) is 0 Å². The Morgan fingerprint density at radius 2 is 2.00 bits per heavy atom. The number of amides is 1. The minimum absolute atomic E-state index is 0.139. The minimum atomic E-state index is -0.494. The minimum Gasteiger partial charge on any atom is -0.324 e. The summed E-state index contributed by atoms with van der Waals surface area (Å²) in [5.41, 5.74) is 2.28. The zero-order valence-corrected chi connectivity index (χ0v) is 15.6. The van der Waals surface area contributed by atoms with Crippen molar-refractivity contribution in [3.63, 3.8) is 0 Å². The van der Waals surface area contributed by atoms with Gasteiger partial charge in [-0.3, -0.25) is 4.79 Å². The first-order valence-electron chi connectivity index (χ1n) is 7.72. The molecule has 0 saturated heterocycles. The van der Waals surface area contributed by atoms with Gasteiger partial charge in [0.1, 0.15) is 5.82 Å². The molecular formula is C17H15ClFN5OS. The summed E-state index contributed by atoms with van der Waals surface area (Å²) in [6.07, 6.45) is 0. The van der Waals surface area contributed by atoms with Crippen LogP contribution in [0.4, 0.5) is 10.1 Å². The first-order valence-corrected chi connectivity index (χ1v) is 8.98. The van der Waals surface area contributed by atoms with Gasteiger partial charge in [0.15, 0.2) is 0 Å². The zero-order valence-electron chi connectivity index (χ0n) is 14.0. The Morgan fingerprint density at radius 1 is 1.27 bits per heavy atom. The number of hydrogen-bond donors (Lipinski definition) is 1. The molecule has 0 aliphatic rings. The molecule has 0 aliphatic carbocycles. The maximum Gasteiger partial charge on any atom is 0.237 e. The summed E-state index contributed by atoms with van der Waals surface area (Å²) >= 11 is 7.15. The molecule has 0 radical (unpaired) electrons. The molecule has 0 saturated carbocycles. The summed E-state index contributed by atoms with van der Waals surface area (Å²) in [6.45, 7) is 3.72. The van der Waals surface area contributed by atoms with Crippen LogP contribution in [0.3, 0.4) is 0 Å². The average molecular weight is 392 g/mol. The van der Waals surface area contributed by atoms with E-state index in [0.717, 1.165) is 17.3 Å². The van der Waals surface area contributed by atoms with Crippen molar-refractivity contribution in [1.29, 1.82) is 0 Å². The molecule has 3 aromatic rings. The van der Waals surface area contributed by atoms with E-state index < -0.39 is 11.1 Å². The number of nitrogens with zero attached hydrogens (tertiary/aromatic N) is 4. The zero-order chi connectivity index (χ0) is 18.7. The largest absolute Gasteiger partial charge is 0.324 e. The highest BCUT2D eigenvalue weighted by molar-refractivity contribution is 8.00. The van der Waals surface area contributed by atoms with E-state index in [4.69, 9.17) is 11.6 Å². The van der Waals surface area contributed by atoms with E-state index in [2.05, 4.69) is 20.8 Å². The number of benzene rings is 2. The number of aromatic nitrogens is 4. The van der Waals surface area contributed by atoms with E-state index in [0.29, 0.717) is 10.8 Å². The Balaban J connectivity index is 1.72. The van der Waals surface area contributed by atoms with Crippen LogP contribution in [-0.4, -0.2) is 31.4 Å². The summed E-state index contributed by atoms with van der Waals surface area (Å²) in [6, 6.07) is 11.5. The van der Waals surface area contributed by atoms with Gasteiger partial charge in [-0.1, -0.05) is 41.1 Å². The summed E-state index contributed by atoms with van der Waals surface area (Å²) in [5.74, 6) is -0.755. The lowest BCUT2D eigenvalue weighted by atomic mass is 10.2. The summed E-state index contributed by atoms with van der Waals surface area (Å²) in [7, 11) is 0. The van der Waals surface area contributed by atoms with Gasteiger partial charge in [-0.15, -0.1) is 5.10 Å². The topological polar surface area (TPSA) is 72.7 Å². The first-order chi connectivity index (χ1) is 12.4. The molecule has 2 aromatic carbocycles. The van der Waals surface area contributed by atoms with Crippen molar-refractivity contribution in [1.82, 2.24) is 20.2 Å². The number of thioether (sulfide) groups is 1. The Morgan fingerprint density at radius 3 is 2.69 bits per heavy atom. The van der Waals surface area contributed by atoms with Crippen molar-refractivity contribution >= 4 is 35.0 Å². The second-order valence-electron chi connectivity index (χ2n) is 5.58. The maximum atomic E-state index is 13.1. The van der Waals surface area contributed by atoms with Gasteiger partial charge in [-0.05, 0) is 54.6 Å². The lowest BCUT2D eigenvalue weighted by Crippen LogP contribution is -2.23. The molecule has 3 rings (SSSR count). The van der Waals surface area contributed by atoms with Gasteiger partial charge in [0.2, 0.25) is 11.1 Å². The highest BCUT2D eigenvalue weighted by Crippen LogP contribution is 2.26. The molecule has 1 atom stereocenters. The summed E-state index contributed by atoms with van der Waals surface area (Å²) in [4.78, 5) is 12.4.